The van der Waals surface area contributed by atoms with Crippen molar-refractivity contribution in [1.82, 2.24) is 4.98 Å². The molecular weight excluding hydrogens is 220 g/mol. The quantitative estimate of drug-likeness (QED) is 0.879. The van der Waals surface area contributed by atoms with E-state index >= 15 is 0 Å². The SMILES string of the molecule is NC(Cc1cncs1)c1ccc(Cl)o1. The van der Waals surface area contributed by atoms with Crippen molar-refractivity contribution in [2.45, 2.75) is 12.5 Å². The van der Waals surface area contributed by atoms with Gasteiger partial charge in [-0.3, -0.25) is 4.98 Å². The Labute approximate surface area is 90.5 Å². The zero-order valence-electron chi connectivity index (χ0n) is 7.31. The Kier molecular flexibility index (Phi) is 2.86. The van der Waals surface area contributed by atoms with Crippen LogP contribution in [0.2, 0.25) is 5.22 Å². The van der Waals surface area contributed by atoms with Crippen molar-refractivity contribution in [2.24, 2.45) is 5.73 Å². The molecule has 2 N–H and O–H groups in total. The average Bonchev–Trinajstić information content (AvgIpc) is 2.75. The summed E-state index contributed by atoms with van der Waals surface area (Å²) in [6.45, 7) is 0. The molecule has 0 aromatic carbocycles. The van der Waals surface area contributed by atoms with Gasteiger partial charge in [0.25, 0.3) is 0 Å². The fourth-order valence-electron chi connectivity index (χ4n) is 1.19. The first-order valence-corrected chi connectivity index (χ1v) is 5.39. The zero-order chi connectivity index (χ0) is 9.97. The molecule has 0 saturated carbocycles. The lowest BCUT2D eigenvalue weighted by Gasteiger charge is -2.05. The third-order valence-corrected chi connectivity index (χ3v) is 2.87. The highest BCUT2D eigenvalue weighted by Gasteiger charge is 2.11. The van der Waals surface area contributed by atoms with E-state index in [1.54, 1.807) is 29.0 Å². The summed E-state index contributed by atoms with van der Waals surface area (Å²) in [6.07, 6.45) is 2.55. The van der Waals surface area contributed by atoms with Gasteiger partial charge in [-0.1, -0.05) is 0 Å². The maximum atomic E-state index is 5.93. The van der Waals surface area contributed by atoms with Gasteiger partial charge in [-0.15, -0.1) is 11.3 Å². The van der Waals surface area contributed by atoms with Crippen molar-refractivity contribution in [3.63, 3.8) is 0 Å². The van der Waals surface area contributed by atoms with Crippen LogP contribution in [0.25, 0.3) is 0 Å². The molecule has 0 amide bonds. The van der Waals surface area contributed by atoms with Crippen LogP contribution in [0, 0.1) is 0 Å². The van der Waals surface area contributed by atoms with E-state index in [-0.39, 0.29) is 6.04 Å². The van der Waals surface area contributed by atoms with Crippen LogP contribution in [0.3, 0.4) is 0 Å². The lowest BCUT2D eigenvalue weighted by atomic mass is 10.1. The van der Waals surface area contributed by atoms with Gasteiger partial charge in [-0.25, -0.2) is 0 Å². The van der Waals surface area contributed by atoms with Gasteiger partial charge >= 0.3 is 0 Å². The predicted molar refractivity (Wildman–Crippen MR) is 56.5 cm³/mol. The summed E-state index contributed by atoms with van der Waals surface area (Å²) in [6, 6.07) is 3.35. The van der Waals surface area contributed by atoms with Crippen molar-refractivity contribution < 1.29 is 4.42 Å². The van der Waals surface area contributed by atoms with Gasteiger partial charge < -0.3 is 10.2 Å². The summed E-state index contributed by atoms with van der Waals surface area (Å²) in [5, 5.41) is 0.375. The van der Waals surface area contributed by atoms with E-state index in [9.17, 15) is 0 Å². The number of nitrogens with zero attached hydrogens (tertiary/aromatic N) is 1. The second-order valence-electron chi connectivity index (χ2n) is 2.92. The van der Waals surface area contributed by atoms with E-state index < -0.39 is 0 Å². The van der Waals surface area contributed by atoms with Crippen LogP contribution in [0.15, 0.2) is 28.3 Å². The molecule has 0 radical (unpaired) electrons. The maximum absolute atomic E-state index is 5.93. The third-order valence-electron chi connectivity index (χ3n) is 1.86. The van der Waals surface area contributed by atoms with Crippen LogP contribution in [0.5, 0.6) is 0 Å². The number of halogens is 1. The molecule has 14 heavy (non-hydrogen) atoms. The Morgan fingerprint density at radius 3 is 3.00 bits per heavy atom. The zero-order valence-corrected chi connectivity index (χ0v) is 8.89. The average molecular weight is 229 g/mol. The van der Waals surface area contributed by atoms with Crippen LogP contribution in [-0.2, 0) is 6.42 Å². The van der Waals surface area contributed by atoms with Crippen LogP contribution in [-0.4, -0.2) is 4.98 Å². The van der Waals surface area contributed by atoms with Gasteiger partial charge in [0.15, 0.2) is 5.22 Å². The minimum absolute atomic E-state index is 0.150. The fraction of sp³-hybridized carbons (Fsp3) is 0.222. The molecule has 0 bridgehead atoms. The maximum Gasteiger partial charge on any atom is 0.193 e. The summed E-state index contributed by atoms with van der Waals surface area (Å²) < 4.78 is 5.22. The normalized spacial score (nSPS) is 13.0. The molecule has 0 spiro atoms. The summed E-state index contributed by atoms with van der Waals surface area (Å²) in [5.41, 5.74) is 7.71. The lowest BCUT2D eigenvalue weighted by molar-refractivity contribution is 0.467. The van der Waals surface area contributed by atoms with Crippen LogP contribution in [0.4, 0.5) is 0 Å². The lowest BCUT2D eigenvalue weighted by Crippen LogP contribution is -2.11. The highest BCUT2D eigenvalue weighted by molar-refractivity contribution is 7.09. The van der Waals surface area contributed by atoms with Gasteiger partial charge in [-0.05, 0) is 23.7 Å². The summed E-state index contributed by atoms with van der Waals surface area (Å²) in [5.74, 6) is 0.711. The van der Waals surface area contributed by atoms with E-state index in [1.165, 1.54) is 0 Å². The Bertz CT molecular complexity index is 399. The molecule has 2 rings (SSSR count). The molecule has 5 heteroatoms. The largest absolute Gasteiger partial charge is 0.448 e. The summed E-state index contributed by atoms with van der Waals surface area (Å²) in [7, 11) is 0. The summed E-state index contributed by atoms with van der Waals surface area (Å²) >= 11 is 7.24. The number of nitrogens with two attached hydrogens (primary N) is 1. The van der Waals surface area contributed by atoms with Crippen molar-refractivity contribution >= 4 is 22.9 Å². The molecular formula is C9H9ClN2OS. The first-order chi connectivity index (χ1) is 6.75. The first-order valence-electron chi connectivity index (χ1n) is 4.14. The molecule has 2 aromatic heterocycles. The number of aromatic nitrogens is 1. The topological polar surface area (TPSA) is 52.0 Å². The van der Waals surface area contributed by atoms with Gasteiger partial charge in [0, 0.05) is 17.5 Å². The Balaban J connectivity index is 2.06. The smallest absolute Gasteiger partial charge is 0.193 e. The molecule has 0 aliphatic rings. The monoisotopic (exact) mass is 228 g/mol. The number of rotatable bonds is 3. The van der Waals surface area contributed by atoms with Crippen molar-refractivity contribution in [1.29, 1.82) is 0 Å². The van der Waals surface area contributed by atoms with Crippen molar-refractivity contribution in [3.05, 3.63) is 39.7 Å². The predicted octanol–water partition coefficient (Wildman–Crippen LogP) is 2.63. The van der Waals surface area contributed by atoms with Gasteiger partial charge in [0.05, 0.1) is 11.6 Å². The number of furan rings is 1. The van der Waals surface area contributed by atoms with Crippen molar-refractivity contribution in [2.75, 3.05) is 0 Å². The van der Waals surface area contributed by atoms with Crippen molar-refractivity contribution in [3.8, 4) is 0 Å². The van der Waals surface area contributed by atoms with Gasteiger partial charge in [0.2, 0.25) is 0 Å². The number of hydrogen-bond donors (Lipinski definition) is 1. The van der Waals surface area contributed by atoms with Gasteiger partial charge in [0.1, 0.15) is 5.76 Å². The van der Waals surface area contributed by atoms with E-state index in [2.05, 4.69) is 4.98 Å². The van der Waals surface area contributed by atoms with Gasteiger partial charge in [-0.2, -0.15) is 0 Å². The molecule has 0 fully saturated rings. The molecule has 1 unspecified atom stereocenters. The Morgan fingerprint density at radius 2 is 2.43 bits per heavy atom. The minimum atomic E-state index is -0.150. The molecule has 0 saturated heterocycles. The molecule has 0 aliphatic carbocycles. The molecule has 2 aromatic rings. The third kappa shape index (κ3) is 2.15. The second kappa shape index (κ2) is 4.13. The van der Waals surface area contributed by atoms with E-state index in [0.717, 1.165) is 11.3 Å². The molecule has 3 nitrogen and oxygen atoms in total. The number of hydrogen-bond acceptors (Lipinski definition) is 4. The number of thiazole rings is 1. The van der Waals surface area contributed by atoms with Crippen LogP contribution in [0.1, 0.15) is 16.7 Å². The van der Waals surface area contributed by atoms with E-state index in [1.807, 2.05) is 6.20 Å². The molecule has 0 aliphatic heterocycles. The van der Waals surface area contributed by atoms with E-state index in [0.29, 0.717) is 11.0 Å². The van der Waals surface area contributed by atoms with Crippen LogP contribution < -0.4 is 5.73 Å². The summed E-state index contributed by atoms with van der Waals surface area (Å²) in [4.78, 5) is 5.12. The molecule has 2 heterocycles. The van der Waals surface area contributed by atoms with E-state index in [4.69, 9.17) is 21.8 Å². The Morgan fingerprint density at radius 1 is 1.57 bits per heavy atom. The molecule has 74 valence electrons. The minimum Gasteiger partial charge on any atom is -0.448 e. The fourth-order valence-corrected chi connectivity index (χ4v) is 1.99. The van der Waals surface area contributed by atoms with Crippen LogP contribution >= 0.6 is 22.9 Å². The molecule has 1 atom stereocenters. The highest BCUT2D eigenvalue weighted by Crippen LogP contribution is 2.22. The standard InChI is InChI=1S/C9H9ClN2OS/c10-9-2-1-8(13-9)7(11)3-6-4-12-5-14-6/h1-2,4-5,7H,3,11H2. The Hall–Kier alpha value is -0.840. The first kappa shape index (κ1) is 9.71. The highest BCUT2D eigenvalue weighted by atomic mass is 35.5. The second-order valence-corrected chi connectivity index (χ2v) is 4.26.